The summed E-state index contributed by atoms with van der Waals surface area (Å²) < 4.78 is 11.6. The van der Waals surface area contributed by atoms with Gasteiger partial charge in [0.2, 0.25) is 0 Å². The van der Waals surface area contributed by atoms with Crippen molar-refractivity contribution in [1.82, 2.24) is 14.8 Å². The second-order valence-electron chi connectivity index (χ2n) is 7.28. The van der Waals surface area contributed by atoms with Crippen molar-refractivity contribution in [3.05, 3.63) is 54.2 Å². The fourth-order valence-electron chi connectivity index (χ4n) is 3.98. The molecule has 0 bridgehead atoms. The maximum atomic E-state index is 12.8. The van der Waals surface area contributed by atoms with Crippen LogP contribution >= 0.6 is 0 Å². The average molecular weight is 355 g/mol. The number of aromatic nitrogens is 1. The first kappa shape index (κ1) is 17.2. The number of likely N-dealkylation sites (tertiary alicyclic amines) is 1. The van der Waals surface area contributed by atoms with Gasteiger partial charge in [-0.1, -0.05) is 6.07 Å². The molecule has 138 valence electrons. The van der Waals surface area contributed by atoms with E-state index in [1.165, 1.54) is 0 Å². The summed E-state index contributed by atoms with van der Waals surface area (Å²) in [6.07, 6.45) is 5.16. The Labute approximate surface area is 153 Å². The van der Waals surface area contributed by atoms with Crippen LogP contribution in [-0.2, 0) is 22.6 Å². The number of nitrogens with zero attached hydrogens (tertiary/aromatic N) is 3. The minimum atomic E-state index is -0.331. The topological polar surface area (TPSA) is 58.8 Å². The molecule has 2 aliphatic heterocycles. The summed E-state index contributed by atoms with van der Waals surface area (Å²) in [5, 5.41) is 0. The molecule has 6 nitrogen and oxygen atoms in total. The number of carbonyl (C=O) groups excluding carboxylic acids is 1. The molecule has 4 rings (SSSR count). The smallest absolute Gasteiger partial charge is 0.251 e. The number of carbonyl (C=O) groups is 1. The van der Waals surface area contributed by atoms with Crippen molar-refractivity contribution in [3.8, 4) is 0 Å². The van der Waals surface area contributed by atoms with Gasteiger partial charge in [0.25, 0.3) is 5.91 Å². The highest BCUT2D eigenvalue weighted by Gasteiger charge is 2.42. The van der Waals surface area contributed by atoms with Gasteiger partial charge in [0.05, 0.1) is 31.2 Å². The van der Waals surface area contributed by atoms with Crippen molar-refractivity contribution < 1.29 is 13.9 Å². The number of piperidine rings is 1. The molecule has 1 amide bonds. The van der Waals surface area contributed by atoms with Crippen molar-refractivity contribution in [2.24, 2.45) is 5.92 Å². The van der Waals surface area contributed by atoms with Gasteiger partial charge in [-0.3, -0.25) is 14.7 Å². The van der Waals surface area contributed by atoms with Crippen LogP contribution < -0.4 is 0 Å². The van der Waals surface area contributed by atoms with Crippen LogP contribution in [0.4, 0.5) is 0 Å². The van der Waals surface area contributed by atoms with Gasteiger partial charge >= 0.3 is 0 Å². The Hall–Kier alpha value is -2.18. The number of hydrogen-bond donors (Lipinski definition) is 0. The third-order valence-electron chi connectivity index (χ3n) is 5.37. The molecule has 0 N–H and O–H groups in total. The van der Waals surface area contributed by atoms with Crippen LogP contribution in [0.2, 0.25) is 0 Å². The monoisotopic (exact) mass is 355 g/mol. The quantitative estimate of drug-likeness (QED) is 0.824. The molecule has 26 heavy (non-hydrogen) atoms. The molecule has 2 saturated heterocycles. The second-order valence-corrected chi connectivity index (χ2v) is 7.28. The zero-order valence-corrected chi connectivity index (χ0v) is 15.1. The van der Waals surface area contributed by atoms with E-state index in [9.17, 15) is 4.79 Å². The Kier molecular flexibility index (Phi) is 5.04. The molecular weight excluding hydrogens is 330 g/mol. The van der Waals surface area contributed by atoms with Gasteiger partial charge in [0.1, 0.15) is 11.9 Å². The Morgan fingerprint density at radius 3 is 3.04 bits per heavy atom. The molecule has 2 fully saturated rings. The lowest BCUT2D eigenvalue weighted by Gasteiger charge is -2.33. The highest BCUT2D eigenvalue weighted by atomic mass is 16.5. The predicted octanol–water partition coefficient (Wildman–Crippen LogP) is 2.31. The van der Waals surface area contributed by atoms with Gasteiger partial charge in [-0.2, -0.15) is 0 Å². The zero-order valence-electron chi connectivity index (χ0n) is 15.1. The first-order valence-electron chi connectivity index (χ1n) is 9.24. The van der Waals surface area contributed by atoms with Gasteiger partial charge < -0.3 is 14.1 Å². The summed E-state index contributed by atoms with van der Waals surface area (Å²) in [6, 6.07) is 9.67. The standard InChI is InChI=1S/C20H25N3O3/c1-22(12-16-5-2-3-8-21-16)20(24)18-11-15-7-9-23(14-19(15)26-18)13-17-6-4-10-25-17/h2-6,8,10,15,18-19H,7,9,11-14H2,1H3/t15-,18+,19+/m1/s1. The summed E-state index contributed by atoms with van der Waals surface area (Å²) in [7, 11) is 1.82. The normalized spacial score (nSPS) is 25.8. The summed E-state index contributed by atoms with van der Waals surface area (Å²) in [5.41, 5.74) is 0.892. The summed E-state index contributed by atoms with van der Waals surface area (Å²) in [4.78, 5) is 21.1. The second kappa shape index (κ2) is 7.60. The van der Waals surface area contributed by atoms with Gasteiger partial charge in [-0.05, 0) is 49.6 Å². The highest BCUT2D eigenvalue weighted by molar-refractivity contribution is 5.81. The fourth-order valence-corrected chi connectivity index (χ4v) is 3.98. The van der Waals surface area contributed by atoms with Crippen LogP contribution in [0, 0.1) is 5.92 Å². The zero-order chi connectivity index (χ0) is 17.9. The maximum absolute atomic E-state index is 12.8. The van der Waals surface area contributed by atoms with Crippen LogP contribution in [0.5, 0.6) is 0 Å². The summed E-state index contributed by atoms with van der Waals surface area (Å²) in [5.74, 6) is 1.51. The van der Waals surface area contributed by atoms with E-state index in [1.54, 1.807) is 17.4 Å². The number of pyridine rings is 1. The third-order valence-corrected chi connectivity index (χ3v) is 5.37. The molecule has 0 spiro atoms. The number of rotatable bonds is 5. The van der Waals surface area contributed by atoms with E-state index in [1.807, 2.05) is 37.4 Å². The van der Waals surface area contributed by atoms with Crippen molar-refractivity contribution in [1.29, 1.82) is 0 Å². The SMILES string of the molecule is CN(Cc1ccccn1)C(=O)[C@@H]1C[C@H]2CCN(Cc3ccco3)C[C@@H]2O1. The van der Waals surface area contributed by atoms with Crippen LogP contribution in [-0.4, -0.2) is 53.0 Å². The number of fused-ring (bicyclic) bond motifs is 1. The lowest BCUT2D eigenvalue weighted by Crippen LogP contribution is -2.42. The lowest BCUT2D eigenvalue weighted by atomic mass is 9.91. The Bertz CT molecular complexity index is 719. The van der Waals surface area contributed by atoms with Gasteiger partial charge in [-0.15, -0.1) is 0 Å². The molecule has 2 aromatic heterocycles. The maximum Gasteiger partial charge on any atom is 0.251 e. The van der Waals surface area contributed by atoms with E-state index in [0.29, 0.717) is 12.5 Å². The molecule has 3 atom stereocenters. The van der Waals surface area contributed by atoms with Gasteiger partial charge in [-0.25, -0.2) is 0 Å². The number of likely N-dealkylation sites (N-methyl/N-ethyl adjacent to an activating group) is 1. The molecule has 0 saturated carbocycles. The highest BCUT2D eigenvalue weighted by Crippen LogP contribution is 2.34. The number of amides is 1. The molecule has 4 heterocycles. The van der Waals surface area contributed by atoms with Crippen molar-refractivity contribution in [2.75, 3.05) is 20.1 Å². The minimum Gasteiger partial charge on any atom is -0.468 e. The largest absolute Gasteiger partial charge is 0.468 e. The van der Waals surface area contributed by atoms with E-state index in [0.717, 1.165) is 43.9 Å². The van der Waals surface area contributed by atoms with Crippen molar-refractivity contribution >= 4 is 5.91 Å². The fraction of sp³-hybridized carbons (Fsp3) is 0.500. The van der Waals surface area contributed by atoms with Crippen molar-refractivity contribution in [2.45, 2.75) is 38.1 Å². The van der Waals surface area contributed by atoms with Gasteiger partial charge in [0.15, 0.2) is 0 Å². The first-order chi connectivity index (χ1) is 12.7. The molecule has 2 aliphatic rings. The molecule has 6 heteroatoms. The Morgan fingerprint density at radius 2 is 2.27 bits per heavy atom. The predicted molar refractivity (Wildman–Crippen MR) is 96.1 cm³/mol. The van der Waals surface area contributed by atoms with Crippen molar-refractivity contribution in [3.63, 3.8) is 0 Å². The first-order valence-corrected chi connectivity index (χ1v) is 9.24. The Morgan fingerprint density at radius 1 is 1.35 bits per heavy atom. The number of furan rings is 1. The Balaban J connectivity index is 1.32. The number of hydrogen-bond acceptors (Lipinski definition) is 5. The minimum absolute atomic E-state index is 0.0580. The van der Waals surface area contributed by atoms with Crippen LogP contribution in [0.1, 0.15) is 24.3 Å². The molecule has 0 radical (unpaired) electrons. The van der Waals surface area contributed by atoms with Crippen LogP contribution in [0.3, 0.4) is 0 Å². The lowest BCUT2D eigenvalue weighted by molar-refractivity contribution is -0.143. The molecule has 2 aromatic rings. The van der Waals surface area contributed by atoms with E-state index >= 15 is 0 Å². The van der Waals surface area contributed by atoms with E-state index in [-0.39, 0.29) is 18.1 Å². The van der Waals surface area contributed by atoms with Crippen LogP contribution in [0.25, 0.3) is 0 Å². The molecule has 0 aromatic carbocycles. The van der Waals surface area contributed by atoms with Gasteiger partial charge in [0, 0.05) is 19.8 Å². The molecule has 0 unspecified atom stereocenters. The summed E-state index contributed by atoms with van der Waals surface area (Å²) in [6.45, 7) is 3.20. The van der Waals surface area contributed by atoms with E-state index in [2.05, 4.69) is 9.88 Å². The van der Waals surface area contributed by atoms with E-state index < -0.39 is 0 Å². The number of ether oxygens (including phenoxy) is 1. The third kappa shape index (κ3) is 3.81. The summed E-state index contributed by atoms with van der Waals surface area (Å²) >= 11 is 0. The average Bonchev–Trinajstić information content (AvgIpc) is 3.31. The molecular formula is C20H25N3O3. The molecule has 0 aliphatic carbocycles. The van der Waals surface area contributed by atoms with E-state index in [4.69, 9.17) is 9.15 Å². The van der Waals surface area contributed by atoms with Crippen LogP contribution in [0.15, 0.2) is 47.2 Å².